The molecule has 1 heteroatoms. The highest BCUT2D eigenvalue weighted by molar-refractivity contribution is 5.44. The van der Waals surface area contributed by atoms with Gasteiger partial charge in [0.1, 0.15) is 5.76 Å². The molecule has 0 spiro atoms. The molecule has 0 atom stereocenters. The normalized spacial score (nSPS) is 23.4. The van der Waals surface area contributed by atoms with Crippen LogP contribution in [-0.4, -0.2) is 6.10 Å². The van der Waals surface area contributed by atoms with Gasteiger partial charge in [-0.2, -0.15) is 0 Å². The molecule has 0 saturated heterocycles. The standard InChI is InChI=1S/C22H34O/c1-8-9-22(21(18(6)7)15-10-16(2)3)23-20-13-11-19(12-14-20)17(4)5/h8-10,15,17,19-20H,2,6,11-14H2,1,3-5,7H3/b9-8-,15-10-,22-21+/t19-,20-. The number of hydrogen-bond donors (Lipinski definition) is 0. The minimum Gasteiger partial charge on any atom is -0.490 e. The number of rotatable bonds is 7. The Morgan fingerprint density at radius 3 is 2.04 bits per heavy atom. The Morgan fingerprint density at radius 2 is 1.61 bits per heavy atom. The van der Waals surface area contributed by atoms with E-state index in [4.69, 9.17) is 4.74 Å². The highest BCUT2D eigenvalue weighted by Gasteiger charge is 2.24. The molecule has 0 amide bonds. The lowest BCUT2D eigenvalue weighted by molar-refractivity contribution is 0.0646. The number of allylic oxidation sites excluding steroid dienone is 7. The molecule has 0 N–H and O–H groups in total. The first kappa shape index (κ1) is 19.5. The Labute approximate surface area is 143 Å². The molecule has 0 aromatic carbocycles. The molecule has 1 saturated carbocycles. The average Bonchev–Trinajstić information content (AvgIpc) is 2.47. The molecule has 0 aromatic rings. The molecular formula is C22H34O. The van der Waals surface area contributed by atoms with Crippen molar-refractivity contribution in [3.63, 3.8) is 0 Å². The van der Waals surface area contributed by atoms with Gasteiger partial charge in [0, 0.05) is 5.57 Å². The van der Waals surface area contributed by atoms with Gasteiger partial charge in [0.15, 0.2) is 0 Å². The fourth-order valence-electron chi connectivity index (χ4n) is 3.06. The van der Waals surface area contributed by atoms with Crippen LogP contribution in [0.25, 0.3) is 0 Å². The zero-order chi connectivity index (χ0) is 17.4. The molecule has 0 heterocycles. The first-order chi connectivity index (χ1) is 10.8. The van der Waals surface area contributed by atoms with Crippen LogP contribution < -0.4 is 0 Å². The quantitative estimate of drug-likeness (QED) is 0.373. The minimum atomic E-state index is 0.323. The molecule has 1 fully saturated rings. The van der Waals surface area contributed by atoms with Crippen molar-refractivity contribution in [2.75, 3.05) is 0 Å². The largest absolute Gasteiger partial charge is 0.490 e. The summed E-state index contributed by atoms with van der Waals surface area (Å²) in [7, 11) is 0. The summed E-state index contributed by atoms with van der Waals surface area (Å²) in [4.78, 5) is 0. The number of hydrogen-bond acceptors (Lipinski definition) is 1. The molecule has 0 bridgehead atoms. The second kappa shape index (κ2) is 9.60. The van der Waals surface area contributed by atoms with E-state index in [0.29, 0.717) is 6.10 Å². The van der Waals surface area contributed by atoms with Crippen molar-refractivity contribution in [2.24, 2.45) is 11.8 Å². The molecule has 23 heavy (non-hydrogen) atoms. The van der Waals surface area contributed by atoms with Crippen LogP contribution in [0, 0.1) is 11.8 Å². The maximum Gasteiger partial charge on any atom is 0.126 e. The first-order valence-electron chi connectivity index (χ1n) is 8.88. The van der Waals surface area contributed by atoms with Gasteiger partial charge in [-0.3, -0.25) is 0 Å². The lowest BCUT2D eigenvalue weighted by Crippen LogP contribution is -2.24. The van der Waals surface area contributed by atoms with E-state index in [-0.39, 0.29) is 0 Å². The maximum absolute atomic E-state index is 6.37. The van der Waals surface area contributed by atoms with E-state index in [1.165, 1.54) is 12.8 Å². The zero-order valence-corrected chi connectivity index (χ0v) is 15.7. The van der Waals surface area contributed by atoms with Gasteiger partial charge in [-0.1, -0.05) is 50.8 Å². The minimum absolute atomic E-state index is 0.323. The summed E-state index contributed by atoms with van der Waals surface area (Å²) in [6.07, 6.45) is 13.4. The van der Waals surface area contributed by atoms with E-state index in [2.05, 4.69) is 39.2 Å². The third-order valence-electron chi connectivity index (χ3n) is 4.53. The van der Waals surface area contributed by atoms with Crippen LogP contribution in [-0.2, 0) is 4.74 Å². The predicted octanol–water partition coefficient (Wildman–Crippen LogP) is 6.76. The molecule has 0 unspecified atom stereocenters. The summed E-state index contributed by atoms with van der Waals surface area (Å²) in [5.41, 5.74) is 3.12. The van der Waals surface area contributed by atoms with Crippen molar-refractivity contribution < 1.29 is 4.74 Å². The SMILES string of the molecule is C=C(C)\C=C/C(C(=C)C)=C(/C=C\C)O[C@H]1CC[C@H](C(C)C)CC1. The van der Waals surface area contributed by atoms with Crippen LogP contribution in [0.2, 0.25) is 0 Å². The molecule has 0 aromatic heterocycles. The topological polar surface area (TPSA) is 9.23 Å². The third kappa shape index (κ3) is 6.64. The van der Waals surface area contributed by atoms with Crippen LogP contribution in [0.1, 0.15) is 60.3 Å². The van der Waals surface area contributed by atoms with Crippen molar-refractivity contribution >= 4 is 0 Å². The Morgan fingerprint density at radius 1 is 1.00 bits per heavy atom. The van der Waals surface area contributed by atoms with Crippen LogP contribution in [0.5, 0.6) is 0 Å². The summed E-state index contributed by atoms with van der Waals surface area (Å²) in [5, 5.41) is 0. The third-order valence-corrected chi connectivity index (χ3v) is 4.53. The van der Waals surface area contributed by atoms with E-state index >= 15 is 0 Å². The molecular weight excluding hydrogens is 280 g/mol. The second-order valence-corrected chi connectivity index (χ2v) is 7.14. The van der Waals surface area contributed by atoms with E-state index in [9.17, 15) is 0 Å². The van der Waals surface area contributed by atoms with E-state index in [0.717, 1.165) is 47.2 Å². The maximum atomic E-state index is 6.37. The van der Waals surface area contributed by atoms with Crippen LogP contribution in [0.4, 0.5) is 0 Å². The summed E-state index contributed by atoms with van der Waals surface area (Å²) in [6.45, 7) is 18.8. The van der Waals surface area contributed by atoms with Crippen molar-refractivity contribution in [1.29, 1.82) is 0 Å². The highest BCUT2D eigenvalue weighted by atomic mass is 16.5. The average molecular weight is 315 g/mol. The lowest BCUT2D eigenvalue weighted by Gasteiger charge is -2.31. The second-order valence-electron chi connectivity index (χ2n) is 7.14. The molecule has 1 aliphatic carbocycles. The summed E-state index contributed by atoms with van der Waals surface area (Å²) in [5.74, 6) is 2.57. The Bertz CT molecular complexity index is 494. The van der Waals surface area contributed by atoms with Crippen molar-refractivity contribution in [1.82, 2.24) is 0 Å². The highest BCUT2D eigenvalue weighted by Crippen LogP contribution is 2.33. The Hall–Kier alpha value is -1.50. The zero-order valence-electron chi connectivity index (χ0n) is 15.7. The van der Waals surface area contributed by atoms with Crippen LogP contribution in [0.15, 0.2) is 59.9 Å². The monoisotopic (exact) mass is 314 g/mol. The molecule has 1 rings (SSSR count). The molecule has 128 valence electrons. The van der Waals surface area contributed by atoms with Crippen molar-refractivity contribution in [3.05, 3.63) is 59.9 Å². The Balaban J connectivity index is 2.90. The molecule has 0 radical (unpaired) electrons. The molecule has 1 nitrogen and oxygen atoms in total. The smallest absolute Gasteiger partial charge is 0.126 e. The first-order valence-corrected chi connectivity index (χ1v) is 8.88. The van der Waals surface area contributed by atoms with Crippen molar-refractivity contribution in [2.45, 2.75) is 66.4 Å². The van der Waals surface area contributed by atoms with Crippen molar-refractivity contribution in [3.8, 4) is 0 Å². The molecule has 0 aliphatic heterocycles. The van der Waals surface area contributed by atoms with E-state index < -0.39 is 0 Å². The van der Waals surface area contributed by atoms with Crippen LogP contribution >= 0.6 is 0 Å². The predicted molar refractivity (Wildman–Crippen MR) is 102 cm³/mol. The van der Waals surface area contributed by atoms with E-state index in [1.807, 2.05) is 32.9 Å². The number of ether oxygens (including phenoxy) is 1. The van der Waals surface area contributed by atoms with Gasteiger partial charge >= 0.3 is 0 Å². The van der Waals surface area contributed by atoms with Gasteiger partial charge in [-0.05, 0) is 69.9 Å². The fraction of sp³-hybridized carbons (Fsp3) is 0.545. The molecule has 1 aliphatic rings. The van der Waals surface area contributed by atoms with Gasteiger partial charge in [-0.15, -0.1) is 0 Å². The summed E-state index contributed by atoms with van der Waals surface area (Å²) >= 11 is 0. The van der Waals surface area contributed by atoms with Gasteiger partial charge in [0.05, 0.1) is 6.10 Å². The summed E-state index contributed by atoms with van der Waals surface area (Å²) in [6, 6.07) is 0. The van der Waals surface area contributed by atoms with Crippen LogP contribution in [0.3, 0.4) is 0 Å². The van der Waals surface area contributed by atoms with Gasteiger partial charge in [0.2, 0.25) is 0 Å². The Kier molecular flexibility index (Phi) is 8.16. The van der Waals surface area contributed by atoms with Gasteiger partial charge in [-0.25, -0.2) is 0 Å². The van der Waals surface area contributed by atoms with E-state index in [1.54, 1.807) is 0 Å². The fourth-order valence-corrected chi connectivity index (χ4v) is 3.06. The lowest BCUT2D eigenvalue weighted by atomic mass is 9.80. The van der Waals surface area contributed by atoms with Gasteiger partial charge < -0.3 is 4.74 Å². The van der Waals surface area contributed by atoms with Gasteiger partial charge in [0.25, 0.3) is 0 Å². The summed E-state index contributed by atoms with van der Waals surface area (Å²) < 4.78 is 6.37.